The van der Waals surface area contributed by atoms with E-state index in [0.717, 1.165) is 0 Å². The molecule has 2 rings (SSSR count). The molecular formula is C18H23N3O4. The van der Waals surface area contributed by atoms with Crippen LogP contribution in [0, 0.1) is 11.3 Å². The minimum atomic E-state index is -0.529. The van der Waals surface area contributed by atoms with E-state index < -0.39 is 5.60 Å². The highest BCUT2D eigenvalue weighted by Crippen LogP contribution is 2.13. The highest BCUT2D eigenvalue weighted by molar-refractivity contribution is 5.78. The topological polar surface area (TPSA) is 82.9 Å². The minimum absolute atomic E-state index is 0.0711. The smallest absolute Gasteiger partial charge is 0.410 e. The maximum atomic E-state index is 12.2. The molecule has 1 heterocycles. The fraction of sp³-hybridized carbons (Fsp3) is 0.500. The maximum absolute atomic E-state index is 12.2. The highest BCUT2D eigenvalue weighted by atomic mass is 16.6. The second-order valence-corrected chi connectivity index (χ2v) is 6.77. The van der Waals surface area contributed by atoms with Gasteiger partial charge in [0, 0.05) is 26.2 Å². The van der Waals surface area contributed by atoms with E-state index in [-0.39, 0.29) is 18.6 Å². The van der Waals surface area contributed by atoms with Crippen LogP contribution >= 0.6 is 0 Å². The fourth-order valence-electron chi connectivity index (χ4n) is 2.33. The third kappa shape index (κ3) is 5.68. The molecule has 1 aliphatic heterocycles. The van der Waals surface area contributed by atoms with Gasteiger partial charge in [-0.15, -0.1) is 0 Å². The first-order valence-corrected chi connectivity index (χ1v) is 8.17. The summed E-state index contributed by atoms with van der Waals surface area (Å²) in [4.78, 5) is 27.5. The summed E-state index contributed by atoms with van der Waals surface area (Å²) in [6.45, 7) is 7.19. The Bertz CT molecular complexity index is 650. The number of nitrogens with zero attached hydrogens (tertiary/aromatic N) is 3. The molecule has 2 amide bonds. The van der Waals surface area contributed by atoms with Gasteiger partial charge in [0.2, 0.25) is 0 Å². The summed E-state index contributed by atoms with van der Waals surface area (Å²) in [5.74, 6) is 0.410. The summed E-state index contributed by atoms with van der Waals surface area (Å²) in [7, 11) is 0. The molecule has 0 aromatic heterocycles. The number of hydrogen-bond donors (Lipinski definition) is 0. The number of ether oxygens (including phenoxy) is 2. The Hall–Kier alpha value is -2.75. The van der Waals surface area contributed by atoms with Gasteiger partial charge in [-0.2, -0.15) is 5.26 Å². The second kappa shape index (κ2) is 7.88. The van der Waals surface area contributed by atoms with Gasteiger partial charge >= 0.3 is 6.09 Å². The molecule has 1 aromatic carbocycles. The van der Waals surface area contributed by atoms with Gasteiger partial charge in [0.15, 0.2) is 6.61 Å². The predicted molar refractivity (Wildman–Crippen MR) is 91.0 cm³/mol. The molecule has 7 heteroatoms. The number of piperazine rings is 1. The van der Waals surface area contributed by atoms with Gasteiger partial charge in [0.05, 0.1) is 11.6 Å². The lowest BCUT2D eigenvalue weighted by Gasteiger charge is -2.35. The van der Waals surface area contributed by atoms with E-state index in [4.69, 9.17) is 14.7 Å². The lowest BCUT2D eigenvalue weighted by Crippen LogP contribution is -2.52. The first kappa shape index (κ1) is 18.6. The zero-order valence-electron chi connectivity index (χ0n) is 14.8. The summed E-state index contributed by atoms with van der Waals surface area (Å²) in [5, 5.41) is 8.75. The van der Waals surface area contributed by atoms with E-state index in [0.29, 0.717) is 37.5 Å². The van der Waals surface area contributed by atoms with Crippen LogP contribution < -0.4 is 4.74 Å². The molecule has 0 spiro atoms. The Kier molecular flexibility index (Phi) is 5.86. The molecule has 25 heavy (non-hydrogen) atoms. The zero-order valence-corrected chi connectivity index (χ0v) is 14.8. The molecule has 0 bridgehead atoms. The molecule has 0 aliphatic carbocycles. The SMILES string of the molecule is CC(C)(C)OC(=O)N1CCN(C(=O)COc2ccc(C#N)cc2)CC1. The summed E-state index contributed by atoms with van der Waals surface area (Å²) in [5.41, 5.74) is 0.0100. The van der Waals surface area contributed by atoms with Crippen LogP contribution in [-0.2, 0) is 9.53 Å². The molecule has 134 valence electrons. The van der Waals surface area contributed by atoms with Gasteiger partial charge in [-0.05, 0) is 45.0 Å². The van der Waals surface area contributed by atoms with Crippen LogP contribution in [0.25, 0.3) is 0 Å². The Balaban J connectivity index is 1.77. The maximum Gasteiger partial charge on any atom is 0.410 e. The molecular weight excluding hydrogens is 322 g/mol. The molecule has 1 aromatic rings. The normalized spacial score (nSPS) is 14.6. The quantitative estimate of drug-likeness (QED) is 0.837. The van der Waals surface area contributed by atoms with Gasteiger partial charge in [0.1, 0.15) is 11.4 Å². The summed E-state index contributed by atoms with van der Waals surface area (Å²) in [6.07, 6.45) is -0.353. The van der Waals surface area contributed by atoms with Gasteiger partial charge < -0.3 is 19.3 Å². The fourth-order valence-corrected chi connectivity index (χ4v) is 2.33. The number of hydrogen-bond acceptors (Lipinski definition) is 5. The van der Waals surface area contributed by atoms with Crippen LogP contribution in [0.4, 0.5) is 4.79 Å². The molecule has 1 aliphatic rings. The molecule has 0 N–H and O–H groups in total. The van der Waals surface area contributed by atoms with E-state index in [1.807, 2.05) is 26.8 Å². The standard InChI is InChI=1S/C18H23N3O4/c1-18(2,3)25-17(23)21-10-8-20(9-11-21)16(22)13-24-15-6-4-14(12-19)5-7-15/h4-7H,8-11,13H2,1-3H3. The average Bonchev–Trinajstić information content (AvgIpc) is 2.58. The van der Waals surface area contributed by atoms with Crippen molar-refractivity contribution < 1.29 is 19.1 Å². The minimum Gasteiger partial charge on any atom is -0.484 e. The van der Waals surface area contributed by atoms with Crippen molar-refractivity contribution in [3.8, 4) is 11.8 Å². The molecule has 0 atom stereocenters. The van der Waals surface area contributed by atoms with Crippen LogP contribution in [0.1, 0.15) is 26.3 Å². The van der Waals surface area contributed by atoms with Crippen LogP contribution in [0.2, 0.25) is 0 Å². The molecule has 1 fully saturated rings. The predicted octanol–water partition coefficient (Wildman–Crippen LogP) is 2.02. The van der Waals surface area contributed by atoms with Crippen molar-refractivity contribution in [2.24, 2.45) is 0 Å². The average molecular weight is 345 g/mol. The van der Waals surface area contributed by atoms with Crippen LogP contribution in [0.5, 0.6) is 5.75 Å². The van der Waals surface area contributed by atoms with Crippen molar-refractivity contribution in [1.29, 1.82) is 5.26 Å². The number of rotatable bonds is 3. The van der Waals surface area contributed by atoms with Gasteiger partial charge in [-0.25, -0.2) is 4.79 Å². The van der Waals surface area contributed by atoms with Crippen molar-refractivity contribution in [2.75, 3.05) is 32.8 Å². The van der Waals surface area contributed by atoms with Crippen molar-refractivity contribution in [1.82, 2.24) is 9.80 Å². The van der Waals surface area contributed by atoms with Gasteiger partial charge in [-0.3, -0.25) is 4.79 Å². The van der Waals surface area contributed by atoms with Crippen LogP contribution in [-0.4, -0.2) is 60.2 Å². The van der Waals surface area contributed by atoms with Crippen LogP contribution in [0.3, 0.4) is 0 Å². The van der Waals surface area contributed by atoms with Crippen LogP contribution in [0.15, 0.2) is 24.3 Å². The Morgan fingerprint density at radius 2 is 1.64 bits per heavy atom. The monoisotopic (exact) mass is 345 g/mol. The zero-order chi connectivity index (χ0) is 18.4. The number of carbonyl (C=O) groups is 2. The number of amides is 2. The van der Waals surface area contributed by atoms with E-state index >= 15 is 0 Å². The third-order valence-electron chi connectivity index (χ3n) is 3.63. The second-order valence-electron chi connectivity index (χ2n) is 6.77. The molecule has 1 saturated heterocycles. The Morgan fingerprint density at radius 1 is 1.08 bits per heavy atom. The van der Waals surface area contributed by atoms with E-state index in [2.05, 4.69) is 0 Å². The van der Waals surface area contributed by atoms with Gasteiger partial charge in [0.25, 0.3) is 5.91 Å². The molecule has 0 saturated carbocycles. The molecule has 7 nitrogen and oxygen atoms in total. The number of benzene rings is 1. The van der Waals surface area contributed by atoms with Crippen molar-refractivity contribution >= 4 is 12.0 Å². The largest absolute Gasteiger partial charge is 0.484 e. The lowest BCUT2D eigenvalue weighted by molar-refractivity contribution is -0.135. The summed E-state index contributed by atoms with van der Waals surface area (Å²) in [6, 6.07) is 8.62. The van der Waals surface area contributed by atoms with E-state index in [1.165, 1.54) is 0 Å². The highest BCUT2D eigenvalue weighted by Gasteiger charge is 2.27. The van der Waals surface area contributed by atoms with E-state index in [1.54, 1.807) is 34.1 Å². The number of nitriles is 1. The van der Waals surface area contributed by atoms with Crippen molar-refractivity contribution in [3.05, 3.63) is 29.8 Å². The Morgan fingerprint density at radius 3 is 2.16 bits per heavy atom. The van der Waals surface area contributed by atoms with Crippen molar-refractivity contribution in [3.63, 3.8) is 0 Å². The van der Waals surface area contributed by atoms with Crippen molar-refractivity contribution in [2.45, 2.75) is 26.4 Å². The number of carbonyl (C=O) groups excluding carboxylic acids is 2. The lowest BCUT2D eigenvalue weighted by atomic mass is 10.2. The summed E-state index contributed by atoms with van der Waals surface area (Å²) >= 11 is 0. The Labute approximate surface area is 147 Å². The van der Waals surface area contributed by atoms with E-state index in [9.17, 15) is 9.59 Å². The van der Waals surface area contributed by atoms with Gasteiger partial charge in [-0.1, -0.05) is 0 Å². The molecule has 0 unspecified atom stereocenters. The first-order chi connectivity index (χ1) is 11.8. The first-order valence-electron chi connectivity index (χ1n) is 8.17. The summed E-state index contributed by atoms with van der Waals surface area (Å²) < 4.78 is 10.8. The third-order valence-corrected chi connectivity index (χ3v) is 3.63. The molecule has 0 radical (unpaired) electrons.